The molecule has 1 aromatic carbocycles. The number of hydrogen-bond acceptors (Lipinski definition) is 3. The van der Waals surface area contributed by atoms with Crippen molar-refractivity contribution in [2.24, 2.45) is 0 Å². The second kappa shape index (κ2) is 9.28. The van der Waals surface area contributed by atoms with Crippen LogP contribution in [0, 0.1) is 0 Å². The highest BCUT2D eigenvalue weighted by Gasteiger charge is 2.31. The van der Waals surface area contributed by atoms with Gasteiger partial charge in [-0.2, -0.15) is 0 Å². The number of hydrazine groups is 1. The van der Waals surface area contributed by atoms with Crippen LogP contribution >= 0.6 is 0 Å². The van der Waals surface area contributed by atoms with Gasteiger partial charge in [0.05, 0.1) is 5.69 Å². The van der Waals surface area contributed by atoms with E-state index in [1.54, 1.807) is 24.2 Å². The highest BCUT2D eigenvalue weighted by atomic mass is 19.4. The van der Waals surface area contributed by atoms with Gasteiger partial charge in [-0.3, -0.25) is 5.01 Å². The molecule has 0 heterocycles. The Balaban J connectivity index is 0.00000191. The van der Waals surface area contributed by atoms with E-state index in [0.29, 0.717) is 5.69 Å². The fourth-order valence-electron chi connectivity index (χ4n) is 1.67. The number of allylic oxidation sites excluding steroid dienone is 1. The first kappa shape index (κ1) is 19.3. The first-order chi connectivity index (χ1) is 9.87. The number of anilines is 1. The molecule has 6 heteroatoms. The Morgan fingerprint density at radius 3 is 2.14 bits per heavy atom. The molecule has 0 radical (unpaired) electrons. The van der Waals surface area contributed by atoms with E-state index < -0.39 is 6.36 Å². The molecule has 0 spiro atoms. The summed E-state index contributed by atoms with van der Waals surface area (Å²) in [6, 6.07) is 5.62. The zero-order chi connectivity index (χ0) is 16.5. The summed E-state index contributed by atoms with van der Waals surface area (Å²) >= 11 is 0. The molecule has 0 unspecified atom stereocenters. The maximum atomic E-state index is 12.0. The molecule has 1 N–H and O–H groups in total. The molecule has 0 saturated carbocycles. The van der Waals surface area contributed by atoms with E-state index >= 15 is 0 Å². The van der Waals surface area contributed by atoms with Crippen molar-refractivity contribution in [3.05, 3.63) is 36.5 Å². The van der Waals surface area contributed by atoms with E-state index in [2.05, 4.69) is 16.7 Å². The van der Waals surface area contributed by atoms with Crippen LogP contribution in [0.4, 0.5) is 18.9 Å². The van der Waals surface area contributed by atoms with Crippen LogP contribution in [-0.4, -0.2) is 13.4 Å². The van der Waals surface area contributed by atoms with Crippen molar-refractivity contribution in [3.8, 4) is 5.75 Å². The largest absolute Gasteiger partial charge is 0.573 e. The van der Waals surface area contributed by atoms with Crippen LogP contribution in [0.3, 0.4) is 0 Å². The van der Waals surface area contributed by atoms with Crippen molar-refractivity contribution in [2.45, 2.75) is 40.0 Å². The maximum absolute atomic E-state index is 12.0. The molecular formula is C15H23F3N2O. The van der Waals surface area contributed by atoms with Gasteiger partial charge in [-0.25, -0.2) is 5.43 Å². The third-order valence-corrected chi connectivity index (χ3v) is 2.41. The van der Waals surface area contributed by atoms with Gasteiger partial charge in [0, 0.05) is 12.7 Å². The number of nitrogens with zero attached hydrogens (tertiary/aromatic N) is 1. The lowest BCUT2D eigenvalue weighted by atomic mass is 10.2. The number of hydrogen-bond donors (Lipinski definition) is 1. The zero-order valence-electron chi connectivity index (χ0n) is 12.9. The summed E-state index contributed by atoms with van der Waals surface area (Å²) in [4.78, 5) is 0. The van der Waals surface area contributed by atoms with Crippen molar-refractivity contribution in [2.75, 3.05) is 12.1 Å². The molecule has 3 nitrogen and oxygen atoms in total. The Hall–Kier alpha value is -1.69. The van der Waals surface area contributed by atoms with Gasteiger partial charge in [0.25, 0.3) is 0 Å². The number of rotatable bonds is 6. The van der Waals surface area contributed by atoms with Crippen LogP contribution in [0.5, 0.6) is 5.75 Å². The molecule has 1 aromatic rings. The lowest BCUT2D eigenvalue weighted by Gasteiger charge is -2.25. The normalized spacial score (nSPS) is 10.4. The maximum Gasteiger partial charge on any atom is 0.573 e. The minimum atomic E-state index is -4.67. The smallest absolute Gasteiger partial charge is 0.406 e. The summed E-state index contributed by atoms with van der Waals surface area (Å²) in [5.74, 6) is -0.242. The molecule has 1 rings (SSSR count). The molecule has 21 heavy (non-hydrogen) atoms. The van der Waals surface area contributed by atoms with Crippen LogP contribution < -0.4 is 15.2 Å². The van der Waals surface area contributed by atoms with E-state index in [4.69, 9.17) is 0 Å². The summed E-state index contributed by atoms with van der Waals surface area (Å²) in [5.41, 5.74) is 4.49. The van der Waals surface area contributed by atoms with E-state index in [9.17, 15) is 13.2 Å². The predicted molar refractivity (Wildman–Crippen MR) is 80.1 cm³/mol. The van der Waals surface area contributed by atoms with Gasteiger partial charge >= 0.3 is 6.36 Å². The van der Waals surface area contributed by atoms with Crippen molar-refractivity contribution < 1.29 is 17.9 Å². The Bertz CT molecular complexity index is 416. The summed E-state index contributed by atoms with van der Waals surface area (Å²) in [6.45, 7) is 9.95. The van der Waals surface area contributed by atoms with Gasteiger partial charge in [0.2, 0.25) is 0 Å². The lowest BCUT2D eigenvalue weighted by Crippen LogP contribution is -2.33. The van der Waals surface area contributed by atoms with Crippen molar-refractivity contribution in [1.82, 2.24) is 5.43 Å². The fourth-order valence-corrected chi connectivity index (χ4v) is 1.67. The molecule has 0 aliphatic heterocycles. The van der Waals surface area contributed by atoms with Gasteiger partial charge < -0.3 is 4.74 Å². The third-order valence-electron chi connectivity index (χ3n) is 2.41. The molecule has 0 bridgehead atoms. The van der Waals surface area contributed by atoms with Crippen molar-refractivity contribution in [1.29, 1.82) is 0 Å². The van der Waals surface area contributed by atoms with Gasteiger partial charge in [-0.15, -0.1) is 13.2 Å². The summed E-state index contributed by atoms with van der Waals surface area (Å²) in [5, 5.41) is 1.72. The Labute approximate surface area is 124 Å². The van der Waals surface area contributed by atoms with Crippen molar-refractivity contribution in [3.63, 3.8) is 0 Å². The summed E-state index contributed by atoms with van der Waals surface area (Å²) in [7, 11) is 1.72. The van der Waals surface area contributed by atoms with Crippen LogP contribution in [0.1, 0.15) is 33.6 Å². The van der Waals surface area contributed by atoms with E-state index in [1.807, 2.05) is 20.8 Å². The highest BCUT2D eigenvalue weighted by Crippen LogP contribution is 2.26. The SMILES string of the molecule is C=C(CCC)N(NC)c1ccc(OC(F)(F)F)cc1.CC. The molecule has 0 atom stereocenters. The van der Waals surface area contributed by atoms with Gasteiger partial charge in [0.15, 0.2) is 0 Å². The summed E-state index contributed by atoms with van der Waals surface area (Å²) < 4.78 is 39.9. The Morgan fingerprint density at radius 1 is 1.24 bits per heavy atom. The van der Waals surface area contributed by atoms with Crippen LogP contribution in [0.2, 0.25) is 0 Å². The first-order valence-electron chi connectivity index (χ1n) is 6.88. The van der Waals surface area contributed by atoms with Crippen LogP contribution in [0.25, 0.3) is 0 Å². The lowest BCUT2D eigenvalue weighted by molar-refractivity contribution is -0.274. The Kier molecular flexibility index (Phi) is 8.54. The standard InChI is InChI=1S/C13H17F3N2O.C2H6/c1-4-5-10(2)18(17-3)11-6-8-12(9-7-11)19-13(14,15)16;1-2/h6-9,17H,2,4-5H2,1,3H3;1-2H3. The van der Waals surface area contributed by atoms with E-state index in [-0.39, 0.29) is 5.75 Å². The third kappa shape index (κ3) is 7.04. The molecule has 0 aliphatic rings. The van der Waals surface area contributed by atoms with E-state index in [0.717, 1.165) is 18.5 Å². The predicted octanol–water partition coefficient (Wildman–Crippen LogP) is 4.87. The average Bonchev–Trinajstić information content (AvgIpc) is 2.42. The average molecular weight is 304 g/mol. The van der Waals surface area contributed by atoms with E-state index in [1.165, 1.54) is 12.1 Å². The van der Waals surface area contributed by atoms with Gasteiger partial charge in [-0.05, 0) is 30.7 Å². The van der Waals surface area contributed by atoms with Crippen LogP contribution in [0.15, 0.2) is 36.5 Å². The highest BCUT2D eigenvalue weighted by molar-refractivity contribution is 5.52. The monoisotopic (exact) mass is 304 g/mol. The number of halogens is 3. The zero-order valence-corrected chi connectivity index (χ0v) is 12.9. The molecule has 0 aromatic heterocycles. The van der Waals surface area contributed by atoms with Gasteiger partial charge in [0.1, 0.15) is 5.75 Å². The molecule has 0 saturated heterocycles. The minimum Gasteiger partial charge on any atom is -0.406 e. The van der Waals surface area contributed by atoms with Gasteiger partial charge in [-0.1, -0.05) is 33.8 Å². The first-order valence-corrected chi connectivity index (χ1v) is 6.88. The Morgan fingerprint density at radius 2 is 1.76 bits per heavy atom. The number of alkyl halides is 3. The molecule has 120 valence electrons. The number of nitrogens with one attached hydrogen (secondary N) is 1. The minimum absolute atomic E-state index is 0.242. The second-order valence-corrected chi connectivity index (χ2v) is 3.92. The molecular weight excluding hydrogens is 281 g/mol. The van der Waals surface area contributed by atoms with Crippen molar-refractivity contribution >= 4 is 5.69 Å². The number of benzene rings is 1. The quantitative estimate of drug-likeness (QED) is 0.759. The molecule has 0 fully saturated rings. The van der Waals surface area contributed by atoms with Crippen LogP contribution in [-0.2, 0) is 0 Å². The molecule has 0 aliphatic carbocycles. The topological polar surface area (TPSA) is 24.5 Å². The summed E-state index contributed by atoms with van der Waals surface area (Å²) in [6.07, 6.45) is -2.94. The second-order valence-electron chi connectivity index (χ2n) is 3.92. The molecule has 0 amide bonds. The fraction of sp³-hybridized carbons (Fsp3) is 0.467. The number of ether oxygens (including phenoxy) is 1.